The van der Waals surface area contributed by atoms with Crippen LogP contribution in [0.2, 0.25) is 0 Å². The van der Waals surface area contributed by atoms with Crippen molar-refractivity contribution in [3.05, 3.63) is 0 Å². The lowest BCUT2D eigenvalue weighted by atomic mass is 9.89. The van der Waals surface area contributed by atoms with Crippen LogP contribution in [-0.4, -0.2) is 48.3 Å². The average Bonchev–Trinajstić information content (AvgIpc) is 2.26. The summed E-state index contributed by atoms with van der Waals surface area (Å²) in [5.41, 5.74) is 0.192. The number of rotatable bonds is 5. The predicted molar refractivity (Wildman–Crippen MR) is 76.4 cm³/mol. The Bertz CT molecular complexity index is 269. The minimum absolute atomic E-state index is 0.192. The fourth-order valence-corrected chi connectivity index (χ4v) is 2.51. The fourth-order valence-electron chi connectivity index (χ4n) is 2.51. The molecule has 0 aliphatic carbocycles. The van der Waals surface area contributed by atoms with E-state index in [1.807, 2.05) is 0 Å². The quantitative estimate of drug-likeness (QED) is 0.727. The SMILES string of the molecule is C#CCN1CCC(NCC(O)CC(C)(C)C)CC1. The van der Waals surface area contributed by atoms with Crippen molar-refractivity contribution in [3.63, 3.8) is 0 Å². The summed E-state index contributed by atoms with van der Waals surface area (Å²) in [6.45, 7) is 10.1. The summed E-state index contributed by atoms with van der Waals surface area (Å²) in [5, 5.41) is 13.4. The molecule has 0 amide bonds. The van der Waals surface area contributed by atoms with E-state index >= 15 is 0 Å². The summed E-state index contributed by atoms with van der Waals surface area (Å²) < 4.78 is 0. The maximum Gasteiger partial charge on any atom is 0.0669 e. The molecule has 1 fully saturated rings. The monoisotopic (exact) mass is 252 g/mol. The fraction of sp³-hybridized carbons (Fsp3) is 0.867. The van der Waals surface area contributed by atoms with Gasteiger partial charge in [0.15, 0.2) is 0 Å². The molecule has 0 aromatic rings. The molecule has 1 rings (SSSR count). The van der Waals surface area contributed by atoms with Crippen LogP contribution < -0.4 is 5.32 Å². The Morgan fingerprint density at radius 3 is 2.50 bits per heavy atom. The first-order chi connectivity index (χ1) is 8.40. The molecule has 1 heterocycles. The van der Waals surface area contributed by atoms with E-state index < -0.39 is 0 Å². The van der Waals surface area contributed by atoms with E-state index in [4.69, 9.17) is 6.42 Å². The van der Waals surface area contributed by atoms with Crippen molar-refractivity contribution < 1.29 is 5.11 Å². The normalized spacial score (nSPS) is 20.6. The van der Waals surface area contributed by atoms with Crippen molar-refractivity contribution in [1.82, 2.24) is 10.2 Å². The second kappa shape index (κ2) is 7.13. The second-order valence-electron chi connectivity index (χ2n) is 6.58. The zero-order valence-electron chi connectivity index (χ0n) is 12.1. The van der Waals surface area contributed by atoms with Crippen molar-refractivity contribution >= 4 is 0 Å². The highest BCUT2D eigenvalue weighted by Gasteiger charge is 2.20. The highest BCUT2D eigenvalue weighted by atomic mass is 16.3. The van der Waals surface area contributed by atoms with Gasteiger partial charge in [0.05, 0.1) is 12.6 Å². The lowest BCUT2D eigenvalue weighted by Gasteiger charge is -2.32. The van der Waals surface area contributed by atoms with E-state index in [2.05, 4.69) is 36.9 Å². The average molecular weight is 252 g/mol. The largest absolute Gasteiger partial charge is 0.392 e. The summed E-state index contributed by atoms with van der Waals surface area (Å²) in [6, 6.07) is 0.536. The number of aliphatic hydroxyl groups excluding tert-OH is 1. The molecule has 0 spiro atoms. The first-order valence-corrected chi connectivity index (χ1v) is 6.98. The molecule has 0 radical (unpaired) electrons. The lowest BCUT2D eigenvalue weighted by Crippen LogP contribution is -2.45. The highest BCUT2D eigenvalue weighted by Crippen LogP contribution is 2.20. The van der Waals surface area contributed by atoms with Gasteiger partial charge in [-0.2, -0.15) is 0 Å². The predicted octanol–water partition coefficient (Wildman–Crippen LogP) is 1.47. The maximum absolute atomic E-state index is 9.95. The van der Waals surface area contributed by atoms with Gasteiger partial charge < -0.3 is 10.4 Å². The number of hydrogen-bond acceptors (Lipinski definition) is 3. The summed E-state index contributed by atoms with van der Waals surface area (Å²) in [4.78, 5) is 2.31. The molecule has 3 nitrogen and oxygen atoms in total. The topological polar surface area (TPSA) is 35.5 Å². The minimum atomic E-state index is -0.242. The van der Waals surface area contributed by atoms with Gasteiger partial charge in [0, 0.05) is 25.7 Å². The molecule has 1 unspecified atom stereocenters. The molecule has 1 saturated heterocycles. The van der Waals surface area contributed by atoms with Gasteiger partial charge in [-0.15, -0.1) is 6.42 Å². The number of likely N-dealkylation sites (tertiary alicyclic amines) is 1. The number of terminal acetylenes is 1. The molecule has 1 atom stereocenters. The molecule has 3 heteroatoms. The van der Waals surface area contributed by atoms with E-state index in [-0.39, 0.29) is 11.5 Å². The molecule has 104 valence electrons. The number of piperidine rings is 1. The van der Waals surface area contributed by atoms with Crippen LogP contribution in [-0.2, 0) is 0 Å². The number of hydrogen-bond donors (Lipinski definition) is 2. The molecule has 0 aromatic carbocycles. The van der Waals surface area contributed by atoms with Gasteiger partial charge in [0.25, 0.3) is 0 Å². The zero-order valence-corrected chi connectivity index (χ0v) is 12.1. The van der Waals surface area contributed by atoms with Gasteiger partial charge in [0.1, 0.15) is 0 Å². The first kappa shape index (κ1) is 15.5. The van der Waals surface area contributed by atoms with Gasteiger partial charge in [0.2, 0.25) is 0 Å². The Morgan fingerprint density at radius 1 is 1.39 bits per heavy atom. The van der Waals surface area contributed by atoms with Crippen LogP contribution in [0.5, 0.6) is 0 Å². The third kappa shape index (κ3) is 6.39. The minimum Gasteiger partial charge on any atom is -0.392 e. The lowest BCUT2D eigenvalue weighted by molar-refractivity contribution is 0.111. The van der Waals surface area contributed by atoms with E-state index in [0.717, 1.165) is 38.9 Å². The van der Waals surface area contributed by atoms with Crippen molar-refractivity contribution in [2.24, 2.45) is 5.41 Å². The molecule has 18 heavy (non-hydrogen) atoms. The first-order valence-electron chi connectivity index (χ1n) is 6.98. The smallest absolute Gasteiger partial charge is 0.0669 e. The highest BCUT2D eigenvalue weighted by molar-refractivity contribution is 4.90. The van der Waals surface area contributed by atoms with Crippen molar-refractivity contribution in [1.29, 1.82) is 0 Å². The maximum atomic E-state index is 9.95. The Hall–Kier alpha value is -0.560. The summed E-state index contributed by atoms with van der Waals surface area (Å²) in [6.07, 6.45) is 8.17. The second-order valence-corrected chi connectivity index (χ2v) is 6.58. The zero-order chi connectivity index (χ0) is 13.6. The Kier molecular flexibility index (Phi) is 6.14. The van der Waals surface area contributed by atoms with Crippen LogP contribution in [0, 0.1) is 17.8 Å². The van der Waals surface area contributed by atoms with Crippen molar-refractivity contribution in [2.75, 3.05) is 26.2 Å². The van der Waals surface area contributed by atoms with Gasteiger partial charge >= 0.3 is 0 Å². The number of nitrogens with zero attached hydrogens (tertiary/aromatic N) is 1. The van der Waals surface area contributed by atoms with Crippen LogP contribution in [0.25, 0.3) is 0 Å². The number of aliphatic hydroxyl groups is 1. The molecule has 0 saturated carbocycles. The summed E-state index contributed by atoms with van der Waals surface area (Å²) >= 11 is 0. The number of nitrogens with one attached hydrogen (secondary N) is 1. The third-order valence-electron chi connectivity index (χ3n) is 3.39. The van der Waals surface area contributed by atoms with Crippen molar-refractivity contribution in [3.8, 4) is 12.3 Å². The van der Waals surface area contributed by atoms with E-state index in [1.165, 1.54) is 0 Å². The molecule has 2 N–H and O–H groups in total. The van der Waals surface area contributed by atoms with Crippen LogP contribution in [0.4, 0.5) is 0 Å². The van der Waals surface area contributed by atoms with Crippen LogP contribution >= 0.6 is 0 Å². The Balaban J connectivity index is 2.16. The van der Waals surface area contributed by atoms with Crippen LogP contribution in [0.3, 0.4) is 0 Å². The van der Waals surface area contributed by atoms with E-state index in [0.29, 0.717) is 12.6 Å². The molecule has 0 bridgehead atoms. The molecule has 0 aromatic heterocycles. The third-order valence-corrected chi connectivity index (χ3v) is 3.39. The van der Waals surface area contributed by atoms with Gasteiger partial charge in [-0.1, -0.05) is 26.7 Å². The molecule has 1 aliphatic rings. The molecular weight excluding hydrogens is 224 g/mol. The molecule has 1 aliphatic heterocycles. The van der Waals surface area contributed by atoms with E-state index in [9.17, 15) is 5.11 Å². The van der Waals surface area contributed by atoms with Crippen molar-refractivity contribution in [2.45, 2.75) is 52.2 Å². The Labute approximate surface area is 112 Å². The standard InChI is InChI=1S/C15H28N2O/c1-5-8-17-9-6-13(7-10-17)16-12-14(18)11-15(2,3)4/h1,13-14,16,18H,6-12H2,2-4H3. The van der Waals surface area contributed by atoms with Crippen LogP contribution in [0.15, 0.2) is 0 Å². The Morgan fingerprint density at radius 2 is 2.00 bits per heavy atom. The van der Waals surface area contributed by atoms with Gasteiger partial charge in [-0.25, -0.2) is 0 Å². The summed E-state index contributed by atoms with van der Waals surface area (Å²) in [5.74, 6) is 2.69. The van der Waals surface area contributed by atoms with Crippen LogP contribution in [0.1, 0.15) is 40.0 Å². The summed E-state index contributed by atoms with van der Waals surface area (Å²) in [7, 11) is 0. The molecular formula is C15H28N2O. The van der Waals surface area contributed by atoms with E-state index in [1.54, 1.807) is 0 Å². The van der Waals surface area contributed by atoms with Gasteiger partial charge in [-0.3, -0.25) is 4.90 Å². The van der Waals surface area contributed by atoms with Gasteiger partial charge in [-0.05, 0) is 24.7 Å².